The minimum Gasteiger partial charge on any atom is -0.454 e. The van der Waals surface area contributed by atoms with Crippen molar-refractivity contribution in [3.8, 4) is 0 Å². The Bertz CT molecular complexity index is 728. The molecule has 5 nitrogen and oxygen atoms in total. The number of hydrogen-bond acceptors (Lipinski definition) is 5. The predicted octanol–water partition coefficient (Wildman–Crippen LogP) is 4.32. The van der Waals surface area contributed by atoms with Gasteiger partial charge in [-0.3, -0.25) is 9.59 Å². The monoisotopic (exact) mass is 407 g/mol. The summed E-state index contributed by atoms with van der Waals surface area (Å²) in [5.41, 5.74) is -0.367. The maximum absolute atomic E-state index is 14.5. The summed E-state index contributed by atoms with van der Waals surface area (Å²) in [5, 5.41) is 0. The van der Waals surface area contributed by atoms with Crippen molar-refractivity contribution in [2.75, 3.05) is 6.61 Å². The van der Waals surface area contributed by atoms with Crippen LogP contribution < -0.4 is 0 Å². The third-order valence-corrected chi connectivity index (χ3v) is 5.09. The quantitative estimate of drug-likeness (QED) is 0.498. The van der Waals surface area contributed by atoms with Gasteiger partial charge in [-0.2, -0.15) is 8.78 Å². The van der Waals surface area contributed by atoms with Gasteiger partial charge >= 0.3 is 11.9 Å². The molecule has 1 aromatic rings. The number of ether oxygens (including phenoxy) is 3. The summed E-state index contributed by atoms with van der Waals surface area (Å²) >= 11 is 0. The van der Waals surface area contributed by atoms with E-state index in [4.69, 9.17) is 14.2 Å². The number of allylic oxidation sites excluding steroid dienone is 1. The number of esters is 1. The van der Waals surface area contributed by atoms with Crippen molar-refractivity contribution in [2.24, 2.45) is 5.92 Å². The number of hydrogen-bond donors (Lipinski definition) is 0. The molecule has 29 heavy (non-hydrogen) atoms. The van der Waals surface area contributed by atoms with Crippen LogP contribution >= 0.6 is 0 Å². The van der Waals surface area contributed by atoms with E-state index in [2.05, 4.69) is 0 Å². The van der Waals surface area contributed by atoms with Gasteiger partial charge < -0.3 is 14.2 Å². The fraction of sp³-hybridized carbons (Fsp3) is 0.500. The Morgan fingerprint density at radius 1 is 1.17 bits per heavy atom. The van der Waals surface area contributed by atoms with Crippen molar-refractivity contribution in [1.82, 2.24) is 0 Å². The first-order valence-corrected chi connectivity index (χ1v) is 9.85. The summed E-state index contributed by atoms with van der Waals surface area (Å²) in [6.45, 7) is 1.89. The Balaban J connectivity index is 1.73. The van der Waals surface area contributed by atoms with E-state index < -0.39 is 29.7 Å². The lowest BCUT2D eigenvalue weighted by atomic mass is 9.99. The van der Waals surface area contributed by atoms with E-state index in [0.29, 0.717) is 25.6 Å². The van der Waals surface area contributed by atoms with Crippen LogP contribution in [-0.2, 0) is 29.7 Å². The van der Waals surface area contributed by atoms with E-state index in [1.165, 1.54) is 37.3 Å². The maximum Gasteiger partial charge on any atom is 0.334 e. The number of ketones is 1. The van der Waals surface area contributed by atoms with Crippen LogP contribution in [0.2, 0.25) is 0 Å². The molecule has 3 atom stereocenters. The van der Waals surface area contributed by atoms with Gasteiger partial charge in [0.15, 0.2) is 12.4 Å². The van der Waals surface area contributed by atoms with E-state index in [1.54, 1.807) is 6.07 Å². The largest absolute Gasteiger partial charge is 0.454 e. The molecule has 0 amide bonds. The molecule has 1 saturated carbocycles. The normalized spacial score (nSPS) is 26.0. The lowest BCUT2D eigenvalue weighted by Gasteiger charge is -2.28. The standard InChI is InChI=1S/C22H25F2O5/c1-15(25)28-18-11-12-19(29-21-9-5-6-14-27-21)17(18)10-13-20(26)22(23,24)16-7-3-2-4-8-16/h2-4,7-8,10,13,17,19,21H,5-6,9,11-12,14H2,1H3/b13-10+. The molecule has 1 radical (unpaired) electrons. The Morgan fingerprint density at radius 3 is 2.59 bits per heavy atom. The van der Waals surface area contributed by atoms with Gasteiger partial charge in [-0.15, -0.1) is 0 Å². The molecule has 2 fully saturated rings. The van der Waals surface area contributed by atoms with Gasteiger partial charge in [0, 0.05) is 25.0 Å². The van der Waals surface area contributed by atoms with Gasteiger partial charge in [-0.25, -0.2) is 0 Å². The first-order chi connectivity index (χ1) is 13.9. The van der Waals surface area contributed by atoms with Gasteiger partial charge in [0.25, 0.3) is 0 Å². The van der Waals surface area contributed by atoms with Gasteiger partial charge in [0.1, 0.15) is 0 Å². The third kappa shape index (κ3) is 5.48. The topological polar surface area (TPSA) is 61.8 Å². The van der Waals surface area contributed by atoms with Crippen molar-refractivity contribution >= 4 is 11.8 Å². The smallest absolute Gasteiger partial charge is 0.334 e. The van der Waals surface area contributed by atoms with Crippen LogP contribution in [0.25, 0.3) is 0 Å². The van der Waals surface area contributed by atoms with Gasteiger partial charge in [0.05, 0.1) is 6.10 Å². The summed E-state index contributed by atoms with van der Waals surface area (Å²) in [7, 11) is 0. The summed E-state index contributed by atoms with van der Waals surface area (Å²) < 4.78 is 45.8. The molecule has 1 aromatic carbocycles. The summed E-state index contributed by atoms with van der Waals surface area (Å²) in [6.07, 6.45) is 5.59. The van der Waals surface area contributed by atoms with E-state index in [1.807, 2.05) is 0 Å². The van der Waals surface area contributed by atoms with Crippen molar-refractivity contribution < 1.29 is 32.6 Å². The summed E-state index contributed by atoms with van der Waals surface area (Å²) in [6, 6.07) is 6.94. The molecule has 0 bridgehead atoms. The van der Waals surface area contributed by atoms with Gasteiger partial charge in [-0.1, -0.05) is 36.4 Å². The number of halogens is 2. The number of carbonyl (C=O) groups excluding carboxylic acids is 2. The average Bonchev–Trinajstić information content (AvgIpc) is 3.08. The molecule has 7 heteroatoms. The van der Waals surface area contributed by atoms with Crippen molar-refractivity contribution in [3.05, 3.63) is 54.2 Å². The van der Waals surface area contributed by atoms with Crippen LogP contribution in [0.1, 0.15) is 44.6 Å². The zero-order valence-corrected chi connectivity index (χ0v) is 16.3. The molecule has 1 saturated heterocycles. The van der Waals surface area contributed by atoms with Crippen molar-refractivity contribution in [3.63, 3.8) is 0 Å². The van der Waals surface area contributed by atoms with E-state index >= 15 is 0 Å². The zero-order chi connectivity index (χ0) is 20.9. The Labute approximate surface area is 169 Å². The minimum atomic E-state index is -3.64. The number of rotatable bonds is 7. The first kappa shape index (κ1) is 21.6. The molecule has 0 aromatic heterocycles. The summed E-state index contributed by atoms with van der Waals surface area (Å²) in [5.74, 6) is -6.03. The Kier molecular flexibility index (Phi) is 7.14. The van der Waals surface area contributed by atoms with Crippen LogP contribution in [0.3, 0.4) is 0 Å². The Hall–Kier alpha value is -2.12. The second kappa shape index (κ2) is 9.59. The molecule has 1 aliphatic carbocycles. The number of alkyl halides is 2. The van der Waals surface area contributed by atoms with Crippen LogP contribution in [0.15, 0.2) is 42.5 Å². The third-order valence-electron chi connectivity index (χ3n) is 5.09. The van der Waals surface area contributed by atoms with E-state index in [0.717, 1.165) is 25.3 Å². The fourth-order valence-electron chi connectivity index (χ4n) is 3.62. The lowest BCUT2D eigenvalue weighted by molar-refractivity contribution is -0.192. The van der Waals surface area contributed by atoms with Gasteiger partial charge in [0.2, 0.25) is 5.78 Å². The molecule has 3 rings (SSSR count). The van der Waals surface area contributed by atoms with Crippen LogP contribution in [0.5, 0.6) is 0 Å². The predicted molar refractivity (Wildman–Crippen MR) is 101 cm³/mol. The fourth-order valence-corrected chi connectivity index (χ4v) is 3.62. The lowest BCUT2D eigenvalue weighted by Crippen LogP contribution is -2.31. The van der Waals surface area contributed by atoms with Gasteiger partial charge in [-0.05, 0) is 38.2 Å². The molecular weight excluding hydrogens is 382 g/mol. The number of benzene rings is 1. The SMILES string of the molecule is CC(=O)O[C]1CCC(OC2CCCCO2)C1/C=C/C(=O)C(F)(F)c1ccccc1. The highest BCUT2D eigenvalue weighted by Gasteiger charge is 2.42. The number of carbonyl (C=O) groups is 2. The maximum atomic E-state index is 14.5. The summed E-state index contributed by atoms with van der Waals surface area (Å²) in [4.78, 5) is 23.6. The highest BCUT2D eigenvalue weighted by atomic mass is 19.3. The molecule has 0 N–H and O–H groups in total. The molecule has 0 spiro atoms. The molecule has 2 aliphatic rings. The average molecular weight is 407 g/mol. The van der Waals surface area contributed by atoms with Crippen LogP contribution in [0, 0.1) is 12.0 Å². The second-order valence-corrected chi connectivity index (χ2v) is 7.26. The molecule has 1 heterocycles. The second-order valence-electron chi connectivity index (χ2n) is 7.26. The van der Waals surface area contributed by atoms with E-state index in [-0.39, 0.29) is 11.9 Å². The van der Waals surface area contributed by atoms with Crippen molar-refractivity contribution in [2.45, 2.75) is 57.3 Å². The van der Waals surface area contributed by atoms with Crippen LogP contribution in [0.4, 0.5) is 8.78 Å². The molecule has 3 unspecified atom stereocenters. The highest BCUT2D eigenvalue weighted by Crippen LogP contribution is 2.39. The van der Waals surface area contributed by atoms with Crippen LogP contribution in [-0.4, -0.2) is 30.8 Å². The molecular formula is C22H25F2O5. The first-order valence-electron chi connectivity index (χ1n) is 9.85. The molecule has 157 valence electrons. The van der Waals surface area contributed by atoms with Crippen molar-refractivity contribution in [1.29, 1.82) is 0 Å². The molecule has 1 aliphatic heterocycles. The minimum absolute atomic E-state index is 0.367. The van der Waals surface area contributed by atoms with E-state index in [9.17, 15) is 18.4 Å². The Morgan fingerprint density at radius 2 is 1.93 bits per heavy atom. The highest BCUT2D eigenvalue weighted by molar-refractivity contribution is 5.96. The zero-order valence-electron chi connectivity index (χ0n) is 16.3.